The van der Waals surface area contributed by atoms with E-state index in [1.54, 1.807) is 62.4 Å². The number of aromatic hydroxyl groups is 2. The fraction of sp³-hybridized carbons (Fsp3) is 0.258. The number of rotatable bonds is 2. The van der Waals surface area contributed by atoms with Crippen molar-refractivity contribution in [2.75, 3.05) is 14.2 Å². The Bertz CT molecular complexity index is 1870. The van der Waals surface area contributed by atoms with Gasteiger partial charge in [-0.25, -0.2) is 9.59 Å². The van der Waals surface area contributed by atoms with Gasteiger partial charge in [0, 0.05) is 27.1 Å². The summed E-state index contributed by atoms with van der Waals surface area (Å²) < 4.78 is 29.5. The quantitative estimate of drug-likeness (QED) is 0.265. The molecule has 7 rings (SSSR count). The monoisotopic (exact) mass is 556 g/mol. The normalized spacial score (nSPS) is 23.0. The number of ether oxygens (including phenoxy) is 5. The van der Waals surface area contributed by atoms with Crippen LogP contribution in [-0.4, -0.2) is 53.5 Å². The van der Waals surface area contributed by atoms with Crippen LogP contribution in [0.4, 0.5) is 0 Å². The molecule has 3 aliphatic rings. The number of benzene rings is 4. The Kier molecular flexibility index (Phi) is 4.90. The summed E-state index contributed by atoms with van der Waals surface area (Å²) in [5, 5.41) is 24.2. The van der Waals surface area contributed by atoms with Gasteiger partial charge >= 0.3 is 17.9 Å². The summed E-state index contributed by atoms with van der Waals surface area (Å²) in [5.41, 5.74) is -3.23. The highest BCUT2D eigenvalue weighted by atomic mass is 16.6. The average molecular weight is 557 g/mol. The second-order valence-electron chi connectivity index (χ2n) is 10.8. The minimum atomic E-state index is -1.67. The van der Waals surface area contributed by atoms with Gasteiger partial charge in [0.25, 0.3) is 0 Å². The zero-order valence-electron chi connectivity index (χ0n) is 22.4. The first-order valence-electron chi connectivity index (χ1n) is 12.9. The fourth-order valence-electron chi connectivity index (χ4n) is 6.79. The van der Waals surface area contributed by atoms with Gasteiger partial charge in [0.15, 0.2) is 11.7 Å². The van der Waals surface area contributed by atoms with Crippen molar-refractivity contribution < 1.29 is 48.3 Å². The van der Waals surface area contributed by atoms with E-state index >= 15 is 0 Å². The van der Waals surface area contributed by atoms with Crippen molar-refractivity contribution in [3.05, 3.63) is 70.8 Å². The fourth-order valence-corrected chi connectivity index (χ4v) is 6.79. The molecule has 0 saturated carbocycles. The molecule has 3 heterocycles. The summed E-state index contributed by atoms with van der Waals surface area (Å²) in [4.78, 5) is 40.3. The van der Waals surface area contributed by atoms with E-state index in [9.17, 15) is 24.6 Å². The minimum Gasteiger partial charge on any atom is -0.506 e. The number of esters is 3. The highest BCUT2D eigenvalue weighted by molar-refractivity contribution is 6.10. The average Bonchev–Trinajstić information content (AvgIpc) is 3.42. The van der Waals surface area contributed by atoms with Crippen LogP contribution in [-0.2, 0) is 19.0 Å². The number of phenolic OH excluding ortho intramolecular Hbond substituents is 2. The molecule has 0 aromatic heterocycles. The summed E-state index contributed by atoms with van der Waals surface area (Å²) in [6.07, 6.45) is -1.18. The van der Waals surface area contributed by atoms with Gasteiger partial charge in [0.1, 0.15) is 40.0 Å². The van der Waals surface area contributed by atoms with Crippen LogP contribution < -0.4 is 9.47 Å². The number of phenols is 2. The molecule has 41 heavy (non-hydrogen) atoms. The van der Waals surface area contributed by atoms with Crippen LogP contribution in [0.3, 0.4) is 0 Å². The zero-order valence-corrected chi connectivity index (χ0v) is 22.4. The van der Waals surface area contributed by atoms with E-state index in [0.29, 0.717) is 21.5 Å². The summed E-state index contributed by atoms with van der Waals surface area (Å²) in [6, 6.07) is 13.5. The molecule has 2 N–H and O–H groups in total. The van der Waals surface area contributed by atoms with E-state index in [4.69, 9.17) is 23.7 Å². The highest BCUT2D eigenvalue weighted by Gasteiger charge is 2.76. The lowest BCUT2D eigenvalue weighted by atomic mass is 9.67. The zero-order chi connectivity index (χ0) is 29.0. The van der Waals surface area contributed by atoms with E-state index in [2.05, 4.69) is 0 Å². The van der Waals surface area contributed by atoms with Crippen molar-refractivity contribution in [1.82, 2.24) is 0 Å². The van der Waals surface area contributed by atoms with E-state index in [1.807, 2.05) is 0 Å². The van der Waals surface area contributed by atoms with E-state index in [1.165, 1.54) is 14.2 Å². The first-order chi connectivity index (χ1) is 19.6. The van der Waals surface area contributed by atoms with Gasteiger partial charge in [-0.2, -0.15) is 0 Å². The van der Waals surface area contributed by atoms with Crippen LogP contribution in [0.1, 0.15) is 57.7 Å². The van der Waals surface area contributed by atoms with Crippen molar-refractivity contribution in [2.24, 2.45) is 0 Å². The number of methoxy groups -OCH3 is 2. The Hall–Kier alpha value is -4.99. The molecule has 1 saturated heterocycles. The van der Waals surface area contributed by atoms with Crippen LogP contribution in [0.25, 0.3) is 21.5 Å². The predicted molar refractivity (Wildman–Crippen MR) is 144 cm³/mol. The second-order valence-corrected chi connectivity index (χ2v) is 10.8. The maximum atomic E-state index is 13.9. The third kappa shape index (κ3) is 2.83. The molecule has 0 radical (unpaired) electrons. The topological polar surface area (TPSA) is 138 Å². The molecule has 0 aliphatic carbocycles. The van der Waals surface area contributed by atoms with Crippen molar-refractivity contribution >= 4 is 39.5 Å². The number of cyclic esters (lactones) is 1. The van der Waals surface area contributed by atoms with E-state index < -0.39 is 41.1 Å². The highest BCUT2D eigenvalue weighted by Crippen LogP contribution is 2.68. The van der Waals surface area contributed by atoms with Crippen LogP contribution in [0.5, 0.6) is 23.0 Å². The summed E-state index contributed by atoms with van der Waals surface area (Å²) in [7, 11) is 2.36. The molecule has 3 atom stereocenters. The van der Waals surface area contributed by atoms with Crippen molar-refractivity contribution in [3.63, 3.8) is 0 Å². The summed E-state index contributed by atoms with van der Waals surface area (Å²) >= 11 is 0. The van der Waals surface area contributed by atoms with Gasteiger partial charge in [-0.1, -0.05) is 48.5 Å². The number of hydrogen-bond acceptors (Lipinski definition) is 10. The van der Waals surface area contributed by atoms with E-state index in [0.717, 1.165) is 0 Å². The standard InChI is InChI=1S/C31H24O10/c1-30(2)31-21(29(36)41-30)17-18(27(34)37-3)22(32)13-9-5-7-11-15(13)24(17)39-26(31)20-19(28(35)38-4)23(33)14-10-6-8-12-16(14)25(20)40-31/h5-12,21,26,32-33H,1-4H3/t21-,26-,31+/m0/s1. The lowest BCUT2D eigenvalue weighted by Crippen LogP contribution is -2.59. The second kappa shape index (κ2) is 8.03. The Labute approximate surface area is 232 Å². The molecule has 0 amide bonds. The van der Waals surface area contributed by atoms with Crippen LogP contribution in [0.2, 0.25) is 0 Å². The van der Waals surface area contributed by atoms with Gasteiger partial charge in [-0.15, -0.1) is 0 Å². The van der Waals surface area contributed by atoms with Gasteiger partial charge in [-0.05, 0) is 13.8 Å². The molecule has 4 aromatic rings. The first kappa shape index (κ1) is 25.0. The van der Waals surface area contributed by atoms with Gasteiger partial charge in [0.05, 0.1) is 19.8 Å². The van der Waals surface area contributed by atoms with Crippen molar-refractivity contribution in [3.8, 4) is 23.0 Å². The smallest absolute Gasteiger partial charge is 0.342 e. The largest absolute Gasteiger partial charge is 0.506 e. The SMILES string of the molecule is COC(=O)c1c2c(c3ccccc3c1O)O[C@H]1c3c(C(=O)OC)c(O)c4ccccc4c3O[C@]13[C@@H]2C(=O)OC3(C)C. The Morgan fingerprint density at radius 2 is 1.24 bits per heavy atom. The van der Waals surface area contributed by atoms with Gasteiger partial charge in [-0.3, -0.25) is 4.79 Å². The number of hydrogen-bond donors (Lipinski definition) is 2. The Balaban J connectivity index is 1.66. The Morgan fingerprint density at radius 3 is 1.78 bits per heavy atom. The lowest BCUT2D eigenvalue weighted by molar-refractivity contribution is -0.154. The molecule has 208 valence electrons. The Morgan fingerprint density at radius 1 is 0.756 bits per heavy atom. The third-order valence-electron chi connectivity index (χ3n) is 8.54. The molecule has 0 bridgehead atoms. The van der Waals surface area contributed by atoms with Crippen molar-refractivity contribution in [1.29, 1.82) is 0 Å². The molecule has 10 nitrogen and oxygen atoms in total. The predicted octanol–water partition coefficient (Wildman–Crippen LogP) is 4.66. The summed E-state index contributed by atoms with van der Waals surface area (Å²) in [6.45, 7) is 3.30. The number of carbonyl (C=O) groups is 3. The molecule has 10 heteroatoms. The van der Waals surface area contributed by atoms with Crippen LogP contribution >= 0.6 is 0 Å². The maximum Gasteiger partial charge on any atom is 0.342 e. The number of fused-ring (bicyclic) bond motifs is 8. The van der Waals surface area contributed by atoms with Gasteiger partial charge in [0.2, 0.25) is 5.60 Å². The third-order valence-corrected chi connectivity index (χ3v) is 8.54. The first-order valence-corrected chi connectivity index (χ1v) is 12.9. The van der Waals surface area contributed by atoms with Gasteiger partial charge < -0.3 is 33.9 Å². The molecule has 4 aromatic carbocycles. The van der Waals surface area contributed by atoms with Crippen LogP contribution in [0, 0.1) is 0 Å². The van der Waals surface area contributed by atoms with Crippen LogP contribution in [0.15, 0.2) is 48.5 Å². The molecule has 0 unspecified atom stereocenters. The summed E-state index contributed by atoms with van der Waals surface area (Å²) in [5.74, 6) is -4.10. The minimum absolute atomic E-state index is 0.0563. The number of carbonyl (C=O) groups excluding carboxylic acids is 3. The lowest BCUT2D eigenvalue weighted by Gasteiger charge is -2.45. The molecule has 1 spiro atoms. The molecular formula is C31H24O10. The molecule has 1 fully saturated rings. The van der Waals surface area contributed by atoms with Crippen molar-refractivity contribution in [2.45, 2.75) is 37.1 Å². The molecular weight excluding hydrogens is 532 g/mol. The van der Waals surface area contributed by atoms with E-state index in [-0.39, 0.29) is 45.3 Å². The maximum absolute atomic E-state index is 13.9. The molecule has 3 aliphatic heterocycles.